The minimum atomic E-state index is -0.363. The van der Waals surface area contributed by atoms with Crippen LogP contribution >= 0.6 is 0 Å². The number of anilines is 2. The molecule has 0 fully saturated rings. The van der Waals surface area contributed by atoms with E-state index in [0.717, 1.165) is 5.39 Å². The SMILES string of the molecule is [N-]=[N+]=C1N=Nc2c1c(Nc1cccc(F)c1)nc1ccccc21. The minimum absolute atomic E-state index is 0.0668. The number of halogens is 1. The molecule has 3 aromatic rings. The highest BCUT2D eigenvalue weighted by Crippen LogP contribution is 2.38. The zero-order valence-corrected chi connectivity index (χ0v) is 11.7. The molecule has 0 atom stereocenters. The Morgan fingerprint density at radius 3 is 2.74 bits per heavy atom. The summed E-state index contributed by atoms with van der Waals surface area (Å²) < 4.78 is 13.4. The van der Waals surface area contributed by atoms with Gasteiger partial charge in [0.05, 0.1) is 10.6 Å². The van der Waals surface area contributed by atoms with Crippen molar-refractivity contribution in [1.29, 1.82) is 0 Å². The number of aromatic nitrogens is 1. The first kappa shape index (κ1) is 13.2. The van der Waals surface area contributed by atoms with Crippen LogP contribution in [0, 0.1) is 5.82 Å². The molecule has 23 heavy (non-hydrogen) atoms. The molecule has 1 N–H and O–H groups in total. The van der Waals surface area contributed by atoms with E-state index in [1.807, 2.05) is 24.3 Å². The van der Waals surface area contributed by atoms with Crippen molar-refractivity contribution < 1.29 is 9.18 Å². The van der Waals surface area contributed by atoms with Crippen LogP contribution in [0.25, 0.3) is 16.4 Å². The van der Waals surface area contributed by atoms with E-state index in [-0.39, 0.29) is 11.7 Å². The van der Waals surface area contributed by atoms with Crippen LogP contribution in [0.2, 0.25) is 0 Å². The molecule has 0 aliphatic carbocycles. The van der Waals surface area contributed by atoms with E-state index in [9.17, 15) is 4.39 Å². The van der Waals surface area contributed by atoms with Crippen molar-refractivity contribution in [2.24, 2.45) is 10.2 Å². The molecule has 110 valence electrons. The van der Waals surface area contributed by atoms with E-state index in [0.29, 0.717) is 28.3 Å². The number of nitrogens with one attached hydrogen (secondary N) is 1. The van der Waals surface area contributed by atoms with Gasteiger partial charge in [-0.05, 0) is 29.4 Å². The molecule has 0 spiro atoms. The number of pyridine rings is 1. The second-order valence-electron chi connectivity index (χ2n) is 4.96. The molecule has 0 radical (unpaired) electrons. The lowest BCUT2D eigenvalue weighted by atomic mass is 10.1. The molecule has 2 aromatic carbocycles. The highest BCUT2D eigenvalue weighted by Gasteiger charge is 2.32. The fourth-order valence-electron chi connectivity index (χ4n) is 2.52. The van der Waals surface area contributed by atoms with E-state index in [2.05, 4.69) is 25.3 Å². The molecule has 0 unspecified atom stereocenters. The Balaban J connectivity index is 1.95. The average Bonchev–Trinajstić information content (AvgIpc) is 3.00. The Kier molecular flexibility index (Phi) is 2.92. The van der Waals surface area contributed by atoms with Crippen molar-refractivity contribution in [3.05, 3.63) is 65.4 Å². The summed E-state index contributed by atoms with van der Waals surface area (Å²) in [4.78, 5) is 7.68. The molecule has 1 aromatic heterocycles. The topological polar surface area (TPSA) is 86.0 Å². The second-order valence-corrected chi connectivity index (χ2v) is 4.96. The molecule has 1 aliphatic heterocycles. The van der Waals surface area contributed by atoms with Crippen LogP contribution in [0.5, 0.6) is 0 Å². The first-order chi connectivity index (χ1) is 11.3. The van der Waals surface area contributed by atoms with Crippen molar-refractivity contribution in [2.45, 2.75) is 0 Å². The van der Waals surface area contributed by atoms with Gasteiger partial charge in [-0.3, -0.25) is 0 Å². The van der Waals surface area contributed by atoms with Gasteiger partial charge in [0, 0.05) is 11.1 Å². The van der Waals surface area contributed by atoms with Gasteiger partial charge >= 0.3 is 5.84 Å². The zero-order valence-electron chi connectivity index (χ0n) is 11.7. The van der Waals surface area contributed by atoms with Gasteiger partial charge in [0.25, 0.3) is 0 Å². The number of hydrogen-bond acceptors (Lipinski definition) is 3. The molecule has 0 amide bonds. The largest absolute Gasteiger partial charge is 0.497 e. The molecular formula is C16H9FN6. The lowest BCUT2D eigenvalue weighted by molar-refractivity contribution is -0.00541. The van der Waals surface area contributed by atoms with Crippen LogP contribution in [0.1, 0.15) is 5.56 Å². The van der Waals surface area contributed by atoms with Crippen LogP contribution in [0.4, 0.5) is 21.6 Å². The summed E-state index contributed by atoms with van der Waals surface area (Å²) >= 11 is 0. The Hall–Kier alpha value is -3.44. The number of nitrogens with zero attached hydrogens (tertiary/aromatic N) is 5. The van der Waals surface area contributed by atoms with Crippen molar-refractivity contribution in [1.82, 2.24) is 4.98 Å². The molecule has 7 heteroatoms. The number of rotatable bonds is 2. The molecule has 1 aliphatic rings. The molecule has 4 rings (SSSR count). The molecule has 2 heterocycles. The van der Waals surface area contributed by atoms with Gasteiger partial charge in [-0.25, -0.2) is 9.37 Å². The van der Waals surface area contributed by atoms with Crippen molar-refractivity contribution >= 4 is 33.9 Å². The van der Waals surface area contributed by atoms with Gasteiger partial charge in [0.2, 0.25) is 0 Å². The summed E-state index contributed by atoms with van der Waals surface area (Å²) in [6.45, 7) is 0. The third-order valence-electron chi connectivity index (χ3n) is 3.52. The van der Waals surface area contributed by atoms with E-state index >= 15 is 0 Å². The summed E-state index contributed by atoms with van der Waals surface area (Å²) in [5, 5.41) is 11.8. The van der Waals surface area contributed by atoms with Crippen LogP contribution in [-0.4, -0.2) is 15.6 Å². The van der Waals surface area contributed by atoms with Gasteiger partial charge in [-0.2, -0.15) is 0 Å². The third-order valence-corrected chi connectivity index (χ3v) is 3.52. The van der Waals surface area contributed by atoms with Crippen molar-refractivity contribution in [2.75, 3.05) is 5.32 Å². The highest BCUT2D eigenvalue weighted by molar-refractivity contribution is 6.13. The number of benzene rings is 2. The van der Waals surface area contributed by atoms with Crippen molar-refractivity contribution in [3.63, 3.8) is 0 Å². The molecule has 0 saturated heterocycles. The average molecular weight is 304 g/mol. The number of para-hydroxylation sites is 1. The number of azo groups is 1. The Labute approximate surface area is 129 Å². The molecular weight excluding hydrogens is 295 g/mol. The first-order valence-electron chi connectivity index (χ1n) is 6.86. The van der Waals surface area contributed by atoms with Gasteiger partial charge in [-0.1, -0.05) is 24.3 Å². The summed E-state index contributed by atoms with van der Waals surface area (Å²) in [5.41, 5.74) is 11.4. The molecule has 0 saturated carbocycles. The number of fused-ring (bicyclic) bond motifs is 3. The van der Waals surface area contributed by atoms with Crippen molar-refractivity contribution in [3.8, 4) is 0 Å². The Bertz CT molecular complexity index is 1020. The zero-order chi connectivity index (χ0) is 15.8. The van der Waals surface area contributed by atoms with E-state index < -0.39 is 0 Å². The molecule has 0 bridgehead atoms. The quantitative estimate of drug-likeness (QED) is 0.568. The summed E-state index contributed by atoms with van der Waals surface area (Å²) in [6.07, 6.45) is 0. The maximum absolute atomic E-state index is 13.4. The fraction of sp³-hybridized carbons (Fsp3) is 0. The van der Waals surface area contributed by atoms with E-state index in [1.165, 1.54) is 12.1 Å². The standard InChI is InChI=1S/C16H9FN6/c17-9-4-3-5-10(8-9)19-15-13-14(22-23-16(13)21-18)11-6-1-2-7-12(11)20-15/h1-8H,(H,19,20). The van der Waals surface area contributed by atoms with E-state index in [1.54, 1.807) is 12.1 Å². The van der Waals surface area contributed by atoms with Gasteiger partial charge in [0.1, 0.15) is 11.5 Å². The number of amidine groups is 1. The first-order valence-corrected chi connectivity index (χ1v) is 6.86. The summed E-state index contributed by atoms with van der Waals surface area (Å²) in [7, 11) is 0. The Morgan fingerprint density at radius 2 is 1.91 bits per heavy atom. The Morgan fingerprint density at radius 1 is 1.04 bits per heavy atom. The fourth-order valence-corrected chi connectivity index (χ4v) is 2.52. The minimum Gasteiger partial charge on any atom is -0.497 e. The third kappa shape index (κ3) is 2.16. The van der Waals surface area contributed by atoms with E-state index in [4.69, 9.17) is 5.53 Å². The second kappa shape index (κ2) is 5.08. The van der Waals surface area contributed by atoms with Crippen LogP contribution < -0.4 is 5.32 Å². The monoisotopic (exact) mass is 304 g/mol. The summed E-state index contributed by atoms with van der Waals surface area (Å²) in [5.74, 6) is 0.108. The van der Waals surface area contributed by atoms with Gasteiger partial charge < -0.3 is 15.6 Å². The maximum atomic E-state index is 13.4. The van der Waals surface area contributed by atoms with Gasteiger partial charge in [-0.15, -0.1) is 0 Å². The lowest BCUT2D eigenvalue weighted by Gasteiger charge is -2.09. The number of hydrogen-bond donors (Lipinski definition) is 1. The van der Waals surface area contributed by atoms with Crippen LogP contribution in [0.3, 0.4) is 0 Å². The van der Waals surface area contributed by atoms with Gasteiger partial charge in [0.15, 0.2) is 11.4 Å². The predicted octanol–water partition coefficient (Wildman–Crippen LogP) is 4.19. The molecule has 6 nitrogen and oxygen atoms in total. The maximum Gasteiger partial charge on any atom is 0.439 e. The normalized spacial score (nSPS) is 12.3. The smallest absolute Gasteiger partial charge is 0.439 e. The predicted molar refractivity (Wildman–Crippen MR) is 83.7 cm³/mol. The lowest BCUT2D eigenvalue weighted by Crippen LogP contribution is -2.04. The van der Waals surface area contributed by atoms with Crippen LogP contribution in [-0.2, 0) is 0 Å². The van der Waals surface area contributed by atoms with Crippen LogP contribution in [0.15, 0.2) is 58.8 Å². The summed E-state index contributed by atoms with van der Waals surface area (Å²) in [6, 6.07) is 13.5. The highest BCUT2D eigenvalue weighted by atomic mass is 19.1.